The molecule has 2 saturated carbocycles. The van der Waals surface area contributed by atoms with Crippen molar-refractivity contribution in [2.24, 2.45) is 17.7 Å². The molecule has 0 spiro atoms. The Labute approximate surface area is 109 Å². The van der Waals surface area contributed by atoms with E-state index in [0.717, 1.165) is 29.9 Å². The molecular formula is C14H22N4. The van der Waals surface area contributed by atoms with Gasteiger partial charge in [0.15, 0.2) is 0 Å². The average molecular weight is 246 g/mol. The van der Waals surface area contributed by atoms with E-state index in [1.165, 1.54) is 38.8 Å². The molecule has 2 aliphatic carbocycles. The fraction of sp³-hybridized carbons (Fsp3) is 0.643. The van der Waals surface area contributed by atoms with E-state index in [1.54, 1.807) is 0 Å². The van der Waals surface area contributed by atoms with Gasteiger partial charge in [0.05, 0.1) is 5.69 Å². The predicted molar refractivity (Wildman–Crippen MR) is 72.8 cm³/mol. The number of anilines is 1. The van der Waals surface area contributed by atoms with Crippen molar-refractivity contribution in [2.75, 3.05) is 18.5 Å². The van der Waals surface area contributed by atoms with E-state index < -0.39 is 0 Å². The second-order valence-corrected chi connectivity index (χ2v) is 5.74. The van der Waals surface area contributed by atoms with E-state index in [1.807, 2.05) is 12.1 Å². The molecule has 0 bridgehead atoms. The molecule has 18 heavy (non-hydrogen) atoms. The molecule has 0 radical (unpaired) electrons. The highest BCUT2D eigenvalue weighted by atomic mass is 15.3. The quantitative estimate of drug-likeness (QED) is 0.570. The van der Waals surface area contributed by atoms with Crippen LogP contribution >= 0.6 is 0 Å². The Hall–Kier alpha value is -1.13. The highest BCUT2D eigenvalue weighted by molar-refractivity contribution is 5.33. The van der Waals surface area contributed by atoms with E-state index >= 15 is 0 Å². The molecule has 4 nitrogen and oxygen atoms in total. The first kappa shape index (κ1) is 11.9. The van der Waals surface area contributed by atoms with Crippen molar-refractivity contribution in [3.05, 3.63) is 23.9 Å². The summed E-state index contributed by atoms with van der Waals surface area (Å²) in [5, 5.41) is 0. The number of aromatic nitrogens is 1. The van der Waals surface area contributed by atoms with Crippen molar-refractivity contribution in [2.45, 2.75) is 32.2 Å². The molecule has 3 rings (SSSR count). The van der Waals surface area contributed by atoms with Crippen molar-refractivity contribution in [1.82, 2.24) is 9.88 Å². The monoisotopic (exact) mass is 246 g/mol. The number of pyridine rings is 1. The smallest absolute Gasteiger partial charge is 0.140 e. The third-order valence-corrected chi connectivity index (χ3v) is 3.77. The zero-order valence-electron chi connectivity index (χ0n) is 10.8. The van der Waals surface area contributed by atoms with Crippen LogP contribution in [0, 0.1) is 11.8 Å². The number of hydrogen-bond donors (Lipinski definition) is 2. The van der Waals surface area contributed by atoms with E-state index in [0.29, 0.717) is 0 Å². The Bertz CT molecular complexity index is 385. The van der Waals surface area contributed by atoms with Gasteiger partial charge >= 0.3 is 0 Å². The SMILES string of the molecule is NNc1cccc(CN(CC2CC2)CC2CC2)n1. The number of nitrogens with zero attached hydrogens (tertiary/aromatic N) is 2. The van der Waals surface area contributed by atoms with Crippen LogP contribution in [0.1, 0.15) is 31.4 Å². The van der Waals surface area contributed by atoms with Crippen molar-refractivity contribution < 1.29 is 0 Å². The molecule has 0 saturated heterocycles. The Balaban J connectivity index is 1.61. The standard InChI is InChI=1S/C14H22N4/c15-17-14-3-1-2-13(16-14)10-18(8-11-4-5-11)9-12-6-7-12/h1-3,11-12H,4-10,15H2,(H,16,17). The first-order chi connectivity index (χ1) is 8.83. The second-order valence-electron chi connectivity index (χ2n) is 5.74. The van der Waals surface area contributed by atoms with Crippen LogP contribution < -0.4 is 11.3 Å². The molecular weight excluding hydrogens is 224 g/mol. The second kappa shape index (κ2) is 5.24. The summed E-state index contributed by atoms with van der Waals surface area (Å²) >= 11 is 0. The van der Waals surface area contributed by atoms with Crippen LogP contribution in [0.15, 0.2) is 18.2 Å². The molecule has 2 fully saturated rings. The summed E-state index contributed by atoms with van der Waals surface area (Å²) < 4.78 is 0. The lowest BCUT2D eigenvalue weighted by molar-refractivity contribution is 0.241. The zero-order chi connectivity index (χ0) is 12.4. The van der Waals surface area contributed by atoms with E-state index in [9.17, 15) is 0 Å². The first-order valence-corrected chi connectivity index (χ1v) is 6.98. The molecule has 98 valence electrons. The largest absolute Gasteiger partial charge is 0.308 e. The predicted octanol–water partition coefficient (Wildman–Crippen LogP) is 1.99. The maximum Gasteiger partial charge on any atom is 0.140 e. The van der Waals surface area contributed by atoms with Gasteiger partial charge in [-0.15, -0.1) is 0 Å². The number of hydrogen-bond acceptors (Lipinski definition) is 4. The minimum absolute atomic E-state index is 0.755. The zero-order valence-corrected chi connectivity index (χ0v) is 10.8. The summed E-state index contributed by atoms with van der Waals surface area (Å²) in [6.45, 7) is 3.46. The highest BCUT2D eigenvalue weighted by Crippen LogP contribution is 2.34. The lowest BCUT2D eigenvalue weighted by atomic mass is 10.2. The molecule has 1 aromatic rings. The van der Waals surface area contributed by atoms with E-state index in [-0.39, 0.29) is 0 Å². The average Bonchev–Trinajstić information content (AvgIpc) is 3.25. The number of nitrogen functional groups attached to an aromatic ring is 1. The maximum absolute atomic E-state index is 5.40. The van der Waals surface area contributed by atoms with Crippen LogP contribution in [0.5, 0.6) is 0 Å². The fourth-order valence-electron chi connectivity index (χ4n) is 2.41. The maximum atomic E-state index is 5.40. The van der Waals surface area contributed by atoms with Gasteiger partial charge in [-0.25, -0.2) is 10.8 Å². The lowest BCUT2D eigenvalue weighted by Gasteiger charge is -2.21. The summed E-state index contributed by atoms with van der Waals surface area (Å²) in [6, 6.07) is 6.01. The summed E-state index contributed by atoms with van der Waals surface area (Å²) in [5.41, 5.74) is 3.73. The van der Waals surface area contributed by atoms with Crippen molar-refractivity contribution in [3.63, 3.8) is 0 Å². The third kappa shape index (κ3) is 3.43. The van der Waals surface area contributed by atoms with E-state index in [2.05, 4.69) is 21.4 Å². The van der Waals surface area contributed by atoms with E-state index in [4.69, 9.17) is 5.84 Å². The summed E-state index contributed by atoms with van der Waals surface area (Å²) in [5.74, 6) is 8.05. The van der Waals surface area contributed by atoms with Crippen LogP contribution in [0.3, 0.4) is 0 Å². The number of hydrazine groups is 1. The Morgan fingerprint density at radius 3 is 2.39 bits per heavy atom. The molecule has 1 heterocycles. The van der Waals surface area contributed by atoms with Gasteiger partial charge < -0.3 is 5.43 Å². The van der Waals surface area contributed by atoms with Crippen LogP contribution in [0.25, 0.3) is 0 Å². The molecule has 2 aliphatic rings. The number of nitrogens with two attached hydrogens (primary N) is 1. The third-order valence-electron chi connectivity index (χ3n) is 3.77. The molecule has 1 aromatic heterocycles. The van der Waals surface area contributed by atoms with Gasteiger partial charge in [-0.1, -0.05) is 6.07 Å². The Morgan fingerprint density at radius 2 is 1.83 bits per heavy atom. The van der Waals surface area contributed by atoms with Gasteiger partial charge in [-0.2, -0.15) is 0 Å². The lowest BCUT2D eigenvalue weighted by Crippen LogP contribution is -2.28. The van der Waals surface area contributed by atoms with Crippen molar-refractivity contribution >= 4 is 5.82 Å². The van der Waals surface area contributed by atoms with Gasteiger partial charge in [0.25, 0.3) is 0 Å². The number of nitrogens with one attached hydrogen (secondary N) is 1. The molecule has 0 unspecified atom stereocenters. The minimum Gasteiger partial charge on any atom is -0.308 e. The Morgan fingerprint density at radius 1 is 1.17 bits per heavy atom. The molecule has 0 aromatic carbocycles. The van der Waals surface area contributed by atoms with Crippen LogP contribution in [0.2, 0.25) is 0 Å². The van der Waals surface area contributed by atoms with Gasteiger partial charge in [-0.05, 0) is 49.7 Å². The van der Waals surface area contributed by atoms with Gasteiger partial charge in [0, 0.05) is 19.6 Å². The van der Waals surface area contributed by atoms with Gasteiger partial charge in [0.1, 0.15) is 5.82 Å². The molecule has 0 atom stereocenters. The first-order valence-electron chi connectivity index (χ1n) is 6.98. The van der Waals surface area contributed by atoms with Gasteiger partial charge in [-0.3, -0.25) is 4.90 Å². The van der Waals surface area contributed by atoms with Gasteiger partial charge in [0.2, 0.25) is 0 Å². The fourth-order valence-corrected chi connectivity index (χ4v) is 2.41. The molecule has 4 heteroatoms. The normalized spacial score (nSPS) is 19.2. The van der Waals surface area contributed by atoms with Crippen LogP contribution in [0.4, 0.5) is 5.82 Å². The molecule has 3 N–H and O–H groups in total. The summed E-state index contributed by atoms with van der Waals surface area (Å²) in [6.07, 6.45) is 5.66. The van der Waals surface area contributed by atoms with Crippen molar-refractivity contribution in [1.29, 1.82) is 0 Å². The molecule has 0 aliphatic heterocycles. The van der Waals surface area contributed by atoms with Crippen molar-refractivity contribution in [3.8, 4) is 0 Å². The molecule has 0 amide bonds. The topological polar surface area (TPSA) is 54.2 Å². The van der Waals surface area contributed by atoms with Crippen LogP contribution in [-0.2, 0) is 6.54 Å². The summed E-state index contributed by atoms with van der Waals surface area (Å²) in [4.78, 5) is 7.09. The summed E-state index contributed by atoms with van der Waals surface area (Å²) in [7, 11) is 0. The number of rotatable bonds is 7. The Kier molecular flexibility index (Phi) is 3.48. The highest BCUT2D eigenvalue weighted by Gasteiger charge is 2.29. The minimum atomic E-state index is 0.755. The van der Waals surface area contributed by atoms with Crippen LogP contribution in [-0.4, -0.2) is 23.0 Å².